The van der Waals surface area contributed by atoms with Crippen LogP contribution < -0.4 is 0 Å². The summed E-state index contributed by atoms with van der Waals surface area (Å²) in [6.45, 7) is 5.95. The fraction of sp³-hybridized carbons (Fsp3) is 0.600. The van der Waals surface area contributed by atoms with Crippen LogP contribution in [0.4, 0.5) is 0 Å². The van der Waals surface area contributed by atoms with Crippen LogP contribution in [0.2, 0.25) is 0 Å². The Balaban J connectivity index is 1.70. The maximum atomic E-state index is 13.2. The zero-order valence-corrected chi connectivity index (χ0v) is 15.5. The Morgan fingerprint density at radius 2 is 2.04 bits per heavy atom. The molecule has 4 heterocycles. The van der Waals surface area contributed by atoms with Crippen LogP contribution in [0.1, 0.15) is 53.8 Å². The Hall–Kier alpha value is -1.92. The van der Waals surface area contributed by atoms with E-state index < -0.39 is 0 Å². The summed E-state index contributed by atoms with van der Waals surface area (Å²) in [5.74, 6) is 0.0559. The van der Waals surface area contributed by atoms with Crippen LogP contribution in [0.15, 0.2) is 18.3 Å². The van der Waals surface area contributed by atoms with Gasteiger partial charge in [-0.2, -0.15) is 0 Å². The molecule has 2 fully saturated rings. The van der Waals surface area contributed by atoms with Gasteiger partial charge in [-0.15, -0.1) is 0 Å². The summed E-state index contributed by atoms with van der Waals surface area (Å²) in [5.41, 5.74) is 3.47. The highest BCUT2D eigenvalue weighted by atomic mass is 16.3. The molecule has 2 saturated heterocycles. The normalized spacial score (nSPS) is 22.1. The van der Waals surface area contributed by atoms with Crippen molar-refractivity contribution in [2.45, 2.75) is 51.7 Å². The molecule has 1 atom stereocenters. The Kier molecular flexibility index (Phi) is 4.96. The number of piperidine rings is 2. The number of rotatable bonds is 3. The number of aliphatic hydroxyl groups excluding tert-OH is 1. The number of carbonyl (C=O) groups is 1. The van der Waals surface area contributed by atoms with Crippen LogP contribution in [-0.2, 0) is 6.54 Å². The molecule has 0 unspecified atom stereocenters. The van der Waals surface area contributed by atoms with Gasteiger partial charge in [-0.05, 0) is 57.2 Å². The molecular weight excluding hydrogens is 328 g/mol. The van der Waals surface area contributed by atoms with Crippen molar-refractivity contribution in [1.29, 1.82) is 0 Å². The number of hydrogen-bond acceptors (Lipinski definition) is 4. The second-order valence-electron chi connectivity index (χ2n) is 7.68. The third-order valence-corrected chi connectivity index (χ3v) is 5.64. The smallest absolute Gasteiger partial charge is 0.274 e. The molecule has 6 nitrogen and oxygen atoms in total. The van der Waals surface area contributed by atoms with Crippen molar-refractivity contribution >= 4 is 11.6 Å². The molecule has 26 heavy (non-hydrogen) atoms. The topological polar surface area (TPSA) is 61.1 Å². The summed E-state index contributed by atoms with van der Waals surface area (Å²) in [6, 6.07) is 4.04. The number of pyridine rings is 1. The standard InChI is InChI=1S/C20H28N4O2/c1-15-7-5-12-24-17(14-22-9-6-8-16(25)13-22)18(21-19(15)24)20(26)23-10-3-2-4-11-23/h5,7,12,16,25H,2-4,6,8-11,13-14H2,1H3/t16-/m0/s1. The lowest BCUT2D eigenvalue weighted by atomic mass is 10.1. The SMILES string of the molecule is Cc1cccn2c(CN3CCC[C@H](O)C3)c(C(=O)N3CCCCC3)nc12. The van der Waals surface area contributed by atoms with Crippen LogP contribution in [0.5, 0.6) is 0 Å². The molecule has 6 heteroatoms. The van der Waals surface area contributed by atoms with Gasteiger partial charge in [-0.1, -0.05) is 6.07 Å². The first-order chi connectivity index (χ1) is 12.6. The van der Waals surface area contributed by atoms with E-state index in [0.717, 1.165) is 62.2 Å². The van der Waals surface area contributed by atoms with Crippen molar-refractivity contribution < 1.29 is 9.90 Å². The first-order valence-electron chi connectivity index (χ1n) is 9.80. The molecule has 2 aromatic heterocycles. The molecule has 0 aliphatic carbocycles. The molecule has 2 aliphatic rings. The van der Waals surface area contributed by atoms with Crippen molar-refractivity contribution in [3.8, 4) is 0 Å². The molecule has 2 aromatic rings. The van der Waals surface area contributed by atoms with E-state index in [1.54, 1.807) is 0 Å². The van der Waals surface area contributed by atoms with Gasteiger partial charge >= 0.3 is 0 Å². The van der Waals surface area contributed by atoms with E-state index in [1.807, 2.05) is 30.2 Å². The van der Waals surface area contributed by atoms with Crippen LogP contribution in [-0.4, -0.2) is 62.5 Å². The van der Waals surface area contributed by atoms with Crippen LogP contribution in [0.25, 0.3) is 5.65 Å². The zero-order chi connectivity index (χ0) is 18.1. The van der Waals surface area contributed by atoms with E-state index in [1.165, 1.54) is 6.42 Å². The fourth-order valence-electron chi connectivity index (χ4n) is 4.21. The molecule has 0 radical (unpaired) electrons. The number of likely N-dealkylation sites (tertiary alicyclic amines) is 2. The average Bonchev–Trinajstić information content (AvgIpc) is 3.02. The highest BCUT2D eigenvalue weighted by Crippen LogP contribution is 2.22. The quantitative estimate of drug-likeness (QED) is 0.916. The third kappa shape index (κ3) is 3.35. The summed E-state index contributed by atoms with van der Waals surface area (Å²) in [6.07, 6.45) is 6.93. The minimum atomic E-state index is -0.272. The first kappa shape index (κ1) is 17.5. The summed E-state index contributed by atoms with van der Waals surface area (Å²) in [7, 11) is 0. The number of aromatic nitrogens is 2. The summed E-state index contributed by atoms with van der Waals surface area (Å²) in [4.78, 5) is 22.1. The highest BCUT2D eigenvalue weighted by molar-refractivity contribution is 5.94. The van der Waals surface area contributed by atoms with Gasteiger partial charge in [-0.25, -0.2) is 4.98 Å². The number of aryl methyl sites for hydroxylation is 1. The predicted octanol–water partition coefficient (Wildman–Crippen LogP) is 2.23. The summed E-state index contributed by atoms with van der Waals surface area (Å²) >= 11 is 0. The van der Waals surface area contributed by atoms with Crippen LogP contribution in [0, 0.1) is 6.92 Å². The fourth-order valence-corrected chi connectivity index (χ4v) is 4.21. The molecule has 140 valence electrons. The van der Waals surface area contributed by atoms with Gasteiger partial charge in [0.1, 0.15) is 5.65 Å². The lowest BCUT2D eigenvalue weighted by Crippen LogP contribution is -2.39. The van der Waals surface area contributed by atoms with Crippen LogP contribution >= 0.6 is 0 Å². The Morgan fingerprint density at radius 3 is 2.81 bits per heavy atom. The number of fused-ring (bicyclic) bond motifs is 1. The van der Waals surface area contributed by atoms with Gasteiger partial charge in [-0.3, -0.25) is 9.69 Å². The molecule has 0 saturated carbocycles. The third-order valence-electron chi connectivity index (χ3n) is 5.64. The van der Waals surface area contributed by atoms with Crippen molar-refractivity contribution in [3.63, 3.8) is 0 Å². The molecule has 1 N–H and O–H groups in total. The van der Waals surface area contributed by atoms with Gasteiger partial charge < -0.3 is 14.4 Å². The van der Waals surface area contributed by atoms with Crippen molar-refractivity contribution in [3.05, 3.63) is 35.3 Å². The van der Waals surface area contributed by atoms with Crippen LogP contribution in [0.3, 0.4) is 0 Å². The Morgan fingerprint density at radius 1 is 1.23 bits per heavy atom. The van der Waals surface area contributed by atoms with E-state index in [2.05, 4.69) is 9.30 Å². The van der Waals surface area contributed by atoms with Crippen molar-refractivity contribution in [2.75, 3.05) is 26.2 Å². The summed E-state index contributed by atoms with van der Waals surface area (Å²) < 4.78 is 2.06. The zero-order valence-electron chi connectivity index (χ0n) is 15.5. The van der Waals surface area contributed by atoms with Gasteiger partial charge in [0.25, 0.3) is 5.91 Å². The van der Waals surface area contributed by atoms with E-state index >= 15 is 0 Å². The van der Waals surface area contributed by atoms with E-state index in [4.69, 9.17) is 4.98 Å². The molecular formula is C20H28N4O2. The van der Waals surface area contributed by atoms with Gasteiger partial charge in [0.15, 0.2) is 5.69 Å². The van der Waals surface area contributed by atoms with Gasteiger partial charge in [0, 0.05) is 32.4 Å². The molecule has 0 bridgehead atoms. The highest BCUT2D eigenvalue weighted by Gasteiger charge is 2.27. The number of nitrogens with zero attached hydrogens (tertiary/aromatic N) is 4. The van der Waals surface area contributed by atoms with Gasteiger partial charge in [0.2, 0.25) is 0 Å². The molecule has 0 spiro atoms. The second-order valence-corrected chi connectivity index (χ2v) is 7.68. The van der Waals surface area contributed by atoms with Gasteiger partial charge in [0.05, 0.1) is 11.8 Å². The van der Waals surface area contributed by atoms with E-state index in [9.17, 15) is 9.90 Å². The maximum absolute atomic E-state index is 13.2. The number of β-amino-alcohol motifs (C(OH)–C–C–N with tert-alkyl or cyclic N) is 1. The van der Waals surface area contributed by atoms with Crippen molar-refractivity contribution in [2.24, 2.45) is 0 Å². The molecule has 0 aromatic carbocycles. The predicted molar refractivity (Wildman–Crippen MR) is 100 cm³/mol. The Bertz CT molecular complexity index is 794. The molecule has 4 rings (SSSR count). The molecule has 1 amide bonds. The molecule has 2 aliphatic heterocycles. The van der Waals surface area contributed by atoms with E-state index in [0.29, 0.717) is 18.8 Å². The monoisotopic (exact) mass is 356 g/mol. The lowest BCUT2D eigenvalue weighted by molar-refractivity contribution is 0.0646. The minimum Gasteiger partial charge on any atom is -0.392 e. The largest absolute Gasteiger partial charge is 0.392 e. The Labute approximate surface area is 154 Å². The number of aliphatic hydroxyl groups is 1. The first-order valence-corrected chi connectivity index (χ1v) is 9.80. The minimum absolute atomic E-state index is 0.0559. The van der Waals surface area contributed by atoms with E-state index in [-0.39, 0.29) is 12.0 Å². The lowest BCUT2D eigenvalue weighted by Gasteiger charge is -2.30. The summed E-state index contributed by atoms with van der Waals surface area (Å²) in [5, 5.41) is 10.0. The maximum Gasteiger partial charge on any atom is 0.274 e. The average molecular weight is 356 g/mol. The number of hydrogen-bond donors (Lipinski definition) is 1. The van der Waals surface area contributed by atoms with Crippen molar-refractivity contribution in [1.82, 2.24) is 19.2 Å². The number of carbonyl (C=O) groups excluding carboxylic acids is 1. The second kappa shape index (κ2) is 7.37. The number of amides is 1. The number of imidazole rings is 1.